The van der Waals surface area contributed by atoms with Crippen LogP contribution in [0.3, 0.4) is 0 Å². The second-order valence-corrected chi connectivity index (χ2v) is 11.0. The Morgan fingerprint density at radius 3 is 2.18 bits per heavy atom. The van der Waals surface area contributed by atoms with Crippen LogP contribution >= 0.6 is 22.9 Å². The summed E-state index contributed by atoms with van der Waals surface area (Å²) in [5.74, 6) is 0.00495. The van der Waals surface area contributed by atoms with Gasteiger partial charge < -0.3 is 5.32 Å². The van der Waals surface area contributed by atoms with Gasteiger partial charge in [0.2, 0.25) is 5.91 Å². The van der Waals surface area contributed by atoms with Gasteiger partial charge in [0.25, 0.3) is 0 Å². The molecule has 0 unspecified atom stereocenters. The van der Waals surface area contributed by atoms with Gasteiger partial charge in [-0.1, -0.05) is 75.2 Å². The van der Waals surface area contributed by atoms with Crippen molar-refractivity contribution in [3.63, 3.8) is 0 Å². The number of halogens is 1. The highest BCUT2D eigenvalue weighted by Crippen LogP contribution is 2.42. The predicted octanol–water partition coefficient (Wildman–Crippen LogP) is 9.64. The maximum atomic E-state index is 13.0. The molecule has 1 amide bonds. The SMILES string of the molecule is C=C(c1ccc(Cl)cc1)c1c(N(C(C)=N)C(=N)[C@@H](CCC)CC(=O)Nc2ccc(C)cc2)sc(C)c1C.CC. The zero-order chi connectivity index (χ0) is 29.3. The average Bonchev–Trinajstić information content (AvgIpc) is 3.19. The van der Waals surface area contributed by atoms with Gasteiger partial charge >= 0.3 is 0 Å². The fraction of sp³-hybridized carbons (Fsp3) is 0.344. The summed E-state index contributed by atoms with van der Waals surface area (Å²) in [6.45, 7) is 18.2. The predicted molar refractivity (Wildman–Crippen MR) is 171 cm³/mol. The Balaban J connectivity index is 0.00000260. The Bertz CT molecular complexity index is 1310. The first-order valence-electron chi connectivity index (χ1n) is 13.4. The molecule has 0 aliphatic rings. The molecule has 0 aliphatic carbocycles. The van der Waals surface area contributed by atoms with E-state index in [0.29, 0.717) is 11.4 Å². The van der Waals surface area contributed by atoms with E-state index in [4.69, 9.17) is 17.0 Å². The van der Waals surface area contributed by atoms with E-state index >= 15 is 0 Å². The number of benzene rings is 2. The zero-order valence-corrected chi connectivity index (χ0v) is 25.7. The minimum Gasteiger partial charge on any atom is -0.326 e. The lowest BCUT2D eigenvalue weighted by molar-refractivity contribution is -0.116. The summed E-state index contributed by atoms with van der Waals surface area (Å²) in [7, 11) is 0. The molecule has 7 heteroatoms. The third-order valence-electron chi connectivity index (χ3n) is 6.43. The van der Waals surface area contributed by atoms with Crippen molar-refractivity contribution in [3.8, 4) is 0 Å². The molecular weight excluding hydrogens is 524 g/mol. The number of aryl methyl sites for hydroxylation is 2. The van der Waals surface area contributed by atoms with Crippen molar-refractivity contribution >= 4 is 56.8 Å². The number of carbonyl (C=O) groups excluding carboxylic acids is 1. The number of carbonyl (C=O) groups is 1. The molecule has 2 aromatic carbocycles. The van der Waals surface area contributed by atoms with Crippen molar-refractivity contribution in [2.75, 3.05) is 10.2 Å². The zero-order valence-electron chi connectivity index (χ0n) is 24.2. The molecule has 1 heterocycles. The molecule has 0 radical (unpaired) electrons. The van der Waals surface area contributed by atoms with Crippen LogP contribution < -0.4 is 10.2 Å². The van der Waals surface area contributed by atoms with Gasteiger partial charge in [-0.3, -0.25) is 20.5 Å². The van der Waals surface area contributed by atoms with Crippen LogP contribution in [0.25, 0.3) is 5.57 Å². The van der Waals surface area contributed by atoms with Crippen LogP contribution in [0.2, 0.25) is 5.02 Å². The molecule has 0 fully saturated rings. The lowest BCUT2D eigenvalue weighted by Crippen LogP contribution is -2.40. The van der Waals surface area contributed by atoms with Gasteiger partial charge in [0.15, 0.2) is 0 Å². The van der Waals surface area contributed by atoms with E-state index in [1.54, 1.807) is 23.2 Å². The third-order valence-corrected chi connectivity index (χ3v) is 7.88. The lowest BCUT2D eigenvalue weighted by Gasteiger charge is -2.29. The minimum absolute atomic E-state index is 0.140. The fourth-order valence-corrected chi connectivity index (χ4v) is 5.67. The van der Waals surface area contributed by atoms with Crippen molar-refractivity contribution in [1.29, 1.82) is 10.8 Å². The molecule has 0 aliphatic heterocycles. The third kappa shape index (κ3) is 8.13. The number of hydrogen-bond donors (Lipinski definition) is 3. The number of nitrogens with one attached hydrogen (secondary N) is 3. The Morgan fingerprint density at radius 1 is 1.05 bits per heavy atom. The maximum Gasteiger partial charge on any atom is 0.225 e. The average molecular weight is 565 g/mol. The highest BCUT2D eigenvalue weighted by molar-refractivity contribution is 7.17. The Kier molecular flexibility index (Phi) is 12.1. The summed E-state index contributed by atoms with van der Waals surface area (Å²) >= 11 is 7.65. The second-order valence-electron chi connectivity index (χ2n) is 9.36. The van der Waals surface area contributed by atoms with E-state index in [1.165, 1.54) is 0 Å². The lowest BCUT2D eigenvalue weighted by atomic mass is 9.95. The summed E-state index contributed by atoms with van der Waals surface area (Å²) in [6.07, 6.45) is 1.66. The highest BCUT2D eigenvalue weighted by Gasteiger charge is 2.30. The van der Waals surface area contributed by atoms with Crippen molar-refractivity contribution in [2.45, 2.75) is 67.7 Å². The summed E-state index contributed by atoms with van der Waals surface area (Å²) < 4.78 is 0. The molecule has 208 valence electrons. The number of rotatable bonds is 9. The number of amidine groups is 2. The van der Waals surface area contributed by atoms with Crippen molar-refractivity contribution in [2.24, 2.45) is 5.92 Å². The van der Waals surface area contributed by atoms with E-state index < -0.39 is 0 Å². The van der Waals surface area contributed by atoms with Gasteiger partial charge in [0.1, 0.15) is 16.7 Å². The van der Waals surface area contributed by atoms with E-state index in [9.17, 15) is 10.2 Å². The van der Waals surface area contributed by atoms with E-state index in [2.05, 4.69) is 11.9 Å². The van der Waals surface area contributed by atoms with Crippen LogP contribution in [0.5, 0.6) is 0 Å². The monoisotopic (exact) mass is 564 g/mol. The summed E-state index contributed by atoms with van der Waals surface area (Å²) in [4.78, 5) is 15.7. The van der Waals surface area contributed by atoms with Crippen LogP contribution in [0.4, 0.5) is 10.7 Å². The molecule has 3 aromatic rings. The first-order valence-corrected chi connectivity index (χ1v) is 14.6. The molecule has 0 saturated carbocycles. The molecule has 0 bridgehead atoms. The largest absolute Gasteiger partial charge is 0.326 e. The quantitative estimate of drug-likeness (QED) is 0.178. The van der Waals surface area contributed by atoms with Crippen LogP contribution in [0.1, 0.15) is 74.1 Å². The molecule has 3 rings (SSSR count). The molecule has 0 saturated heterocycles. The van der Waals surface area contributed by atoms with Gasteiger partial charge in [-0.05, 0) is 75.1 Å². The van der Waals surface area contributed by atoms with Crippen LogP contribution in [0.15, 0.2) is 55.1 Å². The van der Waals surface area contributed by atoms with Crippen molar-refractivity contribution < 1.29 is 4.79 Å². The maximum absolute atomic E-state index is 13.0. The van der Waals surface area contributed by atoms with Gasteiger partial charge in [-0.15, -0.1) is 11.3 Å². The molecule has 0 spiro atoms. The van der Waals surface area contributed by atoms with E-state index in [1.807, 2.05) is 90.1 Å². The first-order chi connectivity index (χ1) is 18.5. The van der Waals surface area contributed by atoms with Gasteiger partial charge in [-0.2, -0.15) is 0 Å². The molecule has 1 aromatic heterocycles. The number of nitrogens with zero attached hydrogens (tertiary/aromatic N) is 1. The van der Waals surface area contributed by atoms with Gasteiger partial charge in [-0.25, -0.2) is 0 Å². The van der Waals surface area contributed by atoms with E-state index in [0.717, 1.165) is 49.8 Å². The van der Waals surface area contributed by atoms with Crippen LogP contribution in [-0.4, -0.2) is 17.6 Å². The fourth-order valence-electron chi connectivity index (χ4n) is 4.30. The van der Waals surface area contributed by atoms with Crippen LogP contribution in [-0.2, 0) is 4.79 Å². The Morgan fingerprint density at radius 2 is 1.64 bits per heavy atom. The second kappa shape index (κ2) is 14.8. The normalized spacial score (nSPS) is 11.2. The standard InChI is InChI=1S/C30H35ClN4OS.C2H6/c1-7-8-24(17-27(36)34-26-15-9-18(2)10-16-26)29(33)35(22(6)32)30-28(19(3)21(5)37-30)20(4)23-11-13-25(31)14-12-23;1-2/h9-16,24,32-33H,4,7-8,17H2,1-3,5-6H3,(H,34,36);1-2H3/t24-;/m0./s1. The number of hydrogen-bond acceptors (Lipinski definition) is 4. The highest BCUT2D eigenvalue weighted by atomic mass is 35.5. The topological polar surface area (TPSA) is 80.0 Å². The Hall–Kier alpha value is -3.22. The van der Waals surface area contributed by atoms with Crippen molar-refractivity contribution in [1.82, 2.24) is 0 Å². The molecule has 5 nitrogen and oxygen atoms in total. The smallest absolute Gasteiger partial charge is 0.225 e. The summed E-state index contributed by atoms with van der Waals surface area (Å²) in [5, 5.41) is 22.2. The summed E-state index contributed by atoms with van der Waals surface area (Å²) in [5.41, 5.74) is 5.60. The molecule has 39 heavy (non-hydrogen) atoms. The minimum atomic E-state index is -0.338. The van der Waals surface area contributed by atoms with Crippen molar-refractivity contribution in [3.05, 3.63) is 87.3 Å². The number of anilines is 2. The van der Waals surface area contributed by atoms with Crippen LogP contribution in [0, 0.1) is 37.5 Å². The number of thiophene rings is 1. The van der Waals surface area contributed by atoms with Gasteiger partial charge in [0.05, 0.1) is 0 Å². The Labute approximate surface area is 242 Å². The summed E-state index contributed by atoms with van der Waals surface area (Å²) in [6, 6.07) is 15.2. The van der Waals surface area contributed by atoms with Gasteiger partial charge in [0, 0.05) is 33.5 Å². The molecule has 3 N–H and O–H groups in total. The molecular formula is C32H41ClN4OS. The van der Waals surface area contributed by atoms with E-state index in [-0.39, 0.29) is 29.9 Å². The first kappa shape index (κ1) is 32.0. The number of amides is 1. The molecule has 1 atom stereocenters.